The molecule has 15 heavy (non-hydrogen) atoms. The minimum absolute atomic E-state index is 0.00409. The van der Waals surface area contributed by atoms with Crippen molar-refractivity contribution in [2.24, 2.45) is 5.16 Å². The molecule has 0 aromatic carbocycles. The lowest BCUT2D eigenvalue weighted by atomic mass is 10.2. The van der Waals surface area contributed by atoms with Crippen LogP contribution in [0.5, 0.6) is 0 Å². The van der Waals surface area contributed by atoms with Gasteiger partial charge in [-0.25, -0.2) is 4.79 Å². The van der Waals surface area contributed by atoms with Crippen LogP contribution < -0.4 is 0 Å². The van der Waals surface area contributed by atoms with E-state index in [1.165, 1.54) is 6.92 Å². The molecule has 0 amide bonds. The second kappa shape index (κ2) is 6.41. The second-order valence-corrected chi connectivity index (χ2v) is 2.15. The number of ether oxygens (including phenoxy) is 1. The molecule has 0 aliphatic rings. The maximum atomic E-state index is 11.1. The number of ketones is 2. The van der Waals surface area contributed by atoms with Crippen LogP contribution in [0.4, 0.5) is 0 Å². The third kappa shape index (κ3) is 3.67. The predicted molar refractivity (Wildman–Crippen MR) is 47.2 cm³/mol. The fraction of sp³-hybridized carbons (Fsp3) is 0.375. The standard InChI is InChI=1S/C8H9NO6/c1-3-15-8(13)6(9-14-2)7(12)5(11)4-10/h4H,3H2,1-2H3. The Bertz CT molecular complexity index is 319. The van der Waals surface area contributed by atoms with Crippen molar-refractivity contribution in [3.05, 3.63) is 0 Å². The number of nitrogens with zero attached hydrogens (tertiary/aromatic N) is 1. The first-order chi connectivity index (χ1) is 7.08. The van der Waals surface area contributed by atoms with E-state index in [-0.39, 0.29) is 12.9 Å². The molecule has 82 valence electrons. The number of esters is 1. The van der Waals surface area contributed by atoms with E-state index in [4.69, 9.17) is 0 Å². The third-order valence-corrected chi connectivity index (χ3v) is 1.20. The molecule has 7 nitrogen and oxygen atoms in total. The molecule has 0 aromatic heterocycles. The van der Waals surface area contributed by atoms with E-state index in [2.05, 4.69) is 14.7 Å². The van der Waals surface area contributed by atoms with Gasteiger partial charge in [-0.15, -0.1) is 0 Å². The molecule has 0 radical (unpaired) electrons. The highest BCUT2D eigenvalue weighted by Gasteiger charge is 2.28. The average Bonchev–Trinajstić information content (AvgIpc) is 2.24. The molecule has 0 aliphatic heterocycles. The van der Waals surface area contributed by atoms with Crippen molar-refractivity contribution in [2.45, 2.75) is 6.92 Å². The van der Waals surface area contributed by atoms with Crippen molar-refractivity contribution in [3.63, 3.8) is 0 Å². The average molecular weight is 215 g/mol. The van der Waals surface area contributed by atoms with Crippen LogP contribution in [0, 0.1) is 0 Å². The zero-order valence-corrected chi connectivity index (χ0v) is 8.18. The molecule has 0 aromatic rings. The lowest BCUT2D eigenvalue weighted by Crippen LogP contribution is -2.32. The van der Waals surface area contributed by atoms with E-state index in [1.54, 1.807) is 0 Å². The van der Waals surface area contributed by atoms with Crippen LogP contribution in [0.2, 0.25) is 0 Å². The minimum Gasteiger partial charge on any atom is -0.461 e. The summed E-state index contributed by atoms with van der Waals surface area (Å²) in [6, 6.07) is 0. The number of aldehydes is 1. The Morgan fingerprint density at radius 1 is 1.33 bits per heavy atom. The number of hydrogen-bond donors (Lipinski definition) is 0. The van der Waals surface area contributed by atoms with Crippen LogP contribution in [0.15, 0.2) is 5.16 Å². The molecule has 0 rings (SSSR count). The Balaban J connectivity index is 4.90. The van der Waals surface area contributed by atoms with E-state index in [0.29, 0.717) is 0 Å². The van der Waals surface area contributed by atoms with Gasteiger partial charge in [0.05, 0.1) is 6.61 Å². The molecule has 0 N–H and O–H groups in total. The van der Waals surface area contributed by atoms with Gasteiger partial charge in [0, 0.05) is 0 Å². The third-order valence-electron chi connectivity index (χ3n) is 1.20. The Morgan fingerprint density at radius 2 is 1.93 bits per heavy atom. The van der Waals surface area contributed by atoms with Gasteiger partial charge in [0.1, 0.15) is 7.11 Å². The zero-order chi connectivity index (χ0) is 11.8. The van der Waals surface area contributed by atoms with Gasteiger partial charge in [-0.1, -0.05) is 5.16 Å². The molecule has 0 fully saturated rings. The fourth-order valence-electron chi connectivity index (χ4n) is 0.632. The summed E-state index contributed by atoms with van der Waals surface area (Å²) < 4.78 is 4.43. The van der Waals surface area contributed by atoms with Crippen molar-refractivity contribution in [2.75, 3.05) is 13.7 Å². The van der Waals surface area contributed by atoms with E-state index >= 15 is 0 Å². The summed E-state index contributed by atoms with van der Waals surface area (Å²) in [7, 11) is 1.08. The molecule has 0 heterocycles. The monoisotopic (exact) mass is 215 g/mol. The number of carbonyl (C=O) groups is 4. The van der Waals surface area contributed by atoms with Crippen molar-refractivity contribution in [1.82, 2.24) is 0 Å². The molecule has 0 aliphatic carbocycles. The van der Waals surface area contributed by atoms with Crippen LogP contribution in [0.25, 0.3) is 0 Å². The van der Waals surface area contributed by atoms with Crippen LogP contribution in [-0.2, 0) is 28.8 Å². The van der Waals surface area contributed by atoms with Crippen LogP contribution >= 0.6 is 0 Å². The van der Waals surface area contributed by atoms with Crippen molar-refractivity contribution < 1.29 is 28.8 Å². The topological polar surface area (TPSA) is 99.1 Å². The largest absolute Gasteiger partial charge is 0.461 e. The number of hydrogen-bond acceptors (Lipinski definition) is 7. The number of carbonyl (C=O) groups excluding carboxylic acids is 4. The van der Waals surface area contributed by atoms with Gasteiger partial charge in [-0.05, 0) is 6.92 Å². The highest BCUT2D eigenvalue weighted by atomic mass is 16.6. The van der Waals surface area contributed by atoms with Gasteiger partial charge < -0.3 is 9.57 Å². The van der Waals surface area contributed by atoms with Crippen LogP contribution in [-0.4, -0.2) is 43.3 Å². The van der Waals surface area contributed by atoms with Crippen LogP contribution in [0.1, 0.15) is 6.92 Å². The second-order valence-electron chi connectivity index (χ2n) is 2.15. The maximum Gasteiger partial charge on any atom is 0.364 e. The first-order valence-corrected chi connectivity index (χ1v) is 3.90. The SMILES string of the molecule is CCOC(=O)C(=NOC)C(=O)C(=O)C=O. The predicted octanol–water partition coefficient (Wildman–Crippen LogP) is -1.11. The Hall–Kier alpha value is -2.05. The molecule has 7 heteroatoms. The van der Waals surface area contributed by atoms with Gasteiger partial charge in [0.2, 0.25) is 5.71 Å². The van der Waals surface area contributed by atoms with Gasteiger partial charge in [0.25, 0.3) is 11.6 Å². The molecule has 0 unspecified atom stereocenters. The first kappa shape index (κ1) is 12.9. The van der Waals surface area contributed by atoms with Crippen molar-refractivity contribution in [3.8, 4) is 0 Å². The highest BCUT2D eigenvalue weighted by molar-refractivity contribution is 6.84. The Labute approximate surface area is 85.0 Å². The van der Waals surface area contributed by atoms with Crippen LogP contribution in [0.3, 0.4) is 0 Å². The maximum absolute atomic E-state index is 11.1. The molecule has 0 bridgehead atoms. The Kier molecular flexibility index (Phi) is 5.53. The lowest BCUT2D eigenvalue weighted by molar-refractivity contribution is -0.140. The molecule has 0 spiro atoms. The molecular formula is C8H9NO6. The number of rotatable bonds is 6. The van der Waals surface area contributed by atoms with Crippen molar-refractivity contribution in [1.29, 1.82) is 0 Å². The molecule has 0 atom stereocenters. The first-order valence-electron chi connectivity index (χ1n) is 3.90. The molecule has 0 saturated carbocycles. The highest BCUT2D eigenvalue weighted by Crippen LogP contribution is 1.90. The smallest absolute Gasteiger partial charge is 0.364 e. The molecule has 0 saturated heterocycles. The van der Waals surface area contributed by atoms with E-state index in [1.807, 2.05) is 0 Å². The van der Waals surface area contributed by atoms with E-state index < -0.39 is 23.2 Å². The fourth-order valence-corrected chi connectivity index (χ4v) is 0.632. The molecular weight excluding hydrogens is 206 g/mol. The van der Waals surface area contributed by atoms with E-state index in [0.717, 1.165) is 7.11 Å². The Morgan fingerprint density at radius 3 is 2.33 bits per heavy atom. The number of Topliss-reactive ketones (excluding diaryl/α,β-unsaturated/α-hetero) is 2. The van der Waals surface area contributed by atoms with Gasteiger partial charge in [0.15, 0.2) is 6.29 Å². The van der Waals surface area contributed by atoms with E-state index in [9.17, 15) is 19.2 Å². The summed E-state index contributed by atoms with van der Waals surface area (Å²) in [6.07, 6.45) is -0.216. The number of oxime groups is 1. The normalized spacial score (nSPS) is 10.4. The summed E-state index contributed by atoms with van der Waals surface area (Å²) in [5.41, 5.74) is -0.851. The van der Waals surface area contributed by atoms with Gasteiger partial charge in [-0.2, -0.15) is 0 Å². The summed E-state index contributed by atoms with van der Waals surface area (Å²) >= 11 is 0. The zero-order valence-electron chi connectivity index (χ0n) is 8.18. The quantitative estimate of drug-likeness (QED) is 0.139. The summed E-state index contributed by atoms with van der Waals surface area (Å²) in [5, 5.41) is 3.02. The summed E-state index contributed by atoms with van der Waals surface area (Å²) in [6.45, 7) is 1.51. The minimum atomic E-state index is -1.39. The van der Waals surface area contributed by atoms with Crippen molar-refractivity contribution >= 4 is 29.5 Å². The summed E-state index contributed by atoms with van der Waals surface area (Å²) in [4.78, 5) is 47.0. The summed E-state index contributed by atoms with van der Waals surface area (Å²) in [5.74, 6) is -3.86. The van der Waals surface area contributed by atoms with Gasteiger partial charge >= 0.3 is 5.97 Å². The van der Waals surface area contributed by atoms with Gasteiger partial charge in [-0.3, -0.25) is 14.4 Å². The lowest BCUT2D eigenvalue weighted by Gasteiger charge is -2.01.